The Hall–Kier alpha value is -7.04. The summed E-state index contributed by atoms with van der Waals surface area (Å²) < 4.78 is 63.1. The van der Waals surface area contributed by atoms with Crippen LogP contribution in [0.3, 0.4) is 0 Å². The largest absolute Gasteiger partial charge is 0.493 e. The van der Waals surface area contributed by atoms with Crippen LogP contribution in [0.2, 0.25) is 0 Å². The minimum absolute atomic E-state index is 0.308. The molecule has 652 valence electrons. The van der Waals surface area contributed by atoms with Crippen molar-refractivity contribution in [3.05, 3.63) is 151 Å². The lowest BCUT2D eigenvalue weighted by Crippen LogP contribution is -2.37. The molecule has 1 atom stereocenters. The zero-order valence-electron chi connectivity index (χ0n) is 73.9. The van der Waals surface area contributed by atoms with Crippen molar-refractivity contribution in [2.75, 3.05) is 72.7 Å². The van der Waals surface area contributed by atoms with Crippen LogP contribution in [0.15, 0.2) is 146 Å². The molecular formula is C101H158O15. The van der Waals surface area contributed by atoms with Crippen LogP contribution in [0.4, 0.5) is 0 Å². The molecule has 6 aromatic carbocycles. The van der Waals surface area contributed by atoms with Crippen molar-refractivity contribution < 1.29 is 72.5 Å². The highest BCUT2D eigenvalue weighted by Gasteiger charge is 2.31. The molecule has 6 aromatic rings. The summed E-state index contributed by atoms with van der Waals surface area (Å²) in [6, 6.07) is 46.9. The van der Waals surface area contributed by atoms with Gasteiger partial charge < -0.3 is 72.5 Å². The fourth-order valence-corrected chi connectivity index (χ4v) is 15.0. The van der Waals surface area contributed by atoms with Gasteiger partial charge in [-0.05, 0) is 212 Å². The van der Waals surface area contributed by atoms with Gasteiger partial charge in [0.2, 0.25) is 0 Å². The molecule has 4 aliphatic rings. The maximum atomic E-state index is 10.6. The predicted molar refractivity (Wildman–Crippen MR) is 477 cm³/mol. The number of benzene rings is 6. The average Bonchev–Trinajstić information content (AvgIpc) is 1.13. The van der Waals surface area contributed by atoms with Crippen LogP contribution in [0.5, 0.6) is 63.2 Å². The molecule has 4 aliphatic carbocycles. The quantitative estimate of drug-likeness (QED) is 0.0265. The lowest BCUT2D eigenvalue weighted by atomic mass is 9.85. The summed E-state index contributed by atoms with van der Waals surface area (Å²) in [5, 5.41) is 41.6. The number of rotatable bonds is 44. The Labute approximate surface area is 703 Å². The van der Waals surface area contributed by atoms with E-state index in [9.17, 15) is 20.4 Å². The van der Waals surface area contributed by atoms with Crippen LogP contribution in [-0.4, -0.2) is 110 Å². The minimum atomic E-state index is -0.748. The van der Waals surface area contributed by atoms with E-state index in [2.05, 4.69) is 69.2 Å². The van der Waals surface area contributed by atoms with Crippen LogP contribution < -0.4 is 52.1 Å². The summed E-state index contributed by atoms with van der Waals surface area (Å²) in [6.07, 6.45) is 41.1. The molecule has 1 unspecified atom stereocenters. The van der Waals surface area contributed by atoms with Crippen molar-refractivity contribution in [3.8, 4) is 63.2 Å². The van der Waals surface area contributed by atoms with Gasteiger partial charge in [0.05, 0.1) is 75.8 Å². The maximum absolute atomic E-state index is 10.6. The van der Waals surface area contributed by atoms with Gasteiger partial charge in [0, 0.05) is 30.3 Å². The first-order chi connectivity index (χ1) is 56.5. The summed E-state index contributed by atoms with van der Waals surface area (Å²) in [6.45, 7) is 28.5. The highest BCUT2D eigenvalue weighted by molar-refractivity contribution is 5.37. The second-order valence-electron chi connectivity index (χ2n) is 32.7. The van der Waals surface area contributed by atoms with Crippen LogP contribution >= 0.6 is 0 Å². The normalized spacial score (nSPS) is 15.6. The van der Waals surface area contributed by atoms with Crippen molar-refractivity contribution in [2.45, 2.75) is 330 Å². The van der Waals surface area contributed by atoms with Gasteiger partial charge in [-0.3, -0.25) is 0 Å². The molecule has 0 saturated heterocycles. The molecule has 0 aromatic heterocycles. The topological polar surface area (TPSA) is 182 Å². The van der Waals surface area contributed by atoms with Gasteiger partial charge in [0.15, 0.2) is 0 Å². The van der Waals surface area contributed by atoms with E-state index in [1.165, 1.54) is 116 Å². The van der Waals surface area contributed by atoms with Crippen molar-refractivity contribution in [2.24, 2.45) is 17.8 Å². The molecule has 15 heteroatoms. The van der Waals surface area contributed by atoms with Gasteiger partial charge in [0.1, 0.15) is 83.1 Å². The fraction of sp³-hybridized carbons (Fsp3) is 0.644. The third-order valence-corrected chi connectivity index (χ3v) is 21.5. The van der Waals surface area contributed by atoms with Crippen molar-refractivity contribution in [1.82, 2.24) is 0 Å². The van der Waals surface area contributed by atoms with Gasteiger partial charge >= 0.3 is 0 Å². The first-order valence-electron chi connectivity index (χ1n) is 45.9. The molecule has 4 fully saturated rings. The van der Waals surface area contributed by atoms with Gasteiger partial charge in [0.25, 0.3) is 0 Å². The lowest BCUT2D eigenvalue weighted by molar-refractivity contribution is -0.0339. The Morgan fingerprint density at radius 3 is 0.931 bits per heavy atom. The zero-order valence-corrected chi connectivity index (χ0v) is 73.9. The average molecular weight is 1610 g/mol. The number of ether oxygens (including phenoxy) is 11. The SMILES string of the molecule is CCCC(O)c1cccc(OCC(O)(CCC)CCC)c1.CCCOc1cccc(OCC(CCC)CCC)c1.CCCOc1cccc(OCC2(O)CCCCC2)c1.CCCOc1cccc(OCC2(O)CCCCCC2)c1.CCCOc1cccc(OCC2CCCCC2)c1.CCCOc1cccc(OCC2CCCCCC2)c1. The Bertz CT molecular complexity index is 3280. The van der Waals surface area contributed by atoms with Crippen molar-refractivity contribution in [3.63, 3.8) is 0 Å². The van der Waals surface area contributed by atoms with E-state index in [4.69, 9.17) is 52.1 Å². The summed E-state index contributed by atoms with van der Waals surface area (Å²) in [5.74, 6) is 11.6. The Morgan fingerprint density at radius 1 is 0.319 bits per heavy atom. The van der Waals surface area contributed by atoms with Crippen LogP contribution in [-0.2, 0) is 0 Å². The van der Waals surface area contributed by atoms with Gasteiger partial charge in [-0.1, -0.05) is 234 Å². The molecule has 4 saturated carbocycles. The van der Waals surface area contributed by atoms with E-state index < -0.39 is 22.9 Å². The summed E-state index contributed by atoms with van der Waals surface area (Å²) in [5.41, 5.74) is -1.17. The standard InChI is InChI=1S/C18H30O3.C17H26O3.C17H26O2.C17H28O2.C16H24O3.C16H24O2/c1-4-8-17(19)15-9-7-10-16(13-15)21-14-18(20,11-5-2)12-6-3;1-2-12-19-15-8-7-9-16(13-15)20-14-17(18)10-5-3-4-6-11-17;1-2-12-18-16-10-7-11-17(13-16)19-14-15-8-5-3-4-6-9-15;1-4-8-15(9-5-2)14-19-17-11-7-10-16(13-17)18-12-6-3;1-2-11-18-14-7-6-8-15(12-14)19-13-16(17)9-4-3-5-10-16;1-2-11-17-15-9-6-10-16(12-15)18-13-14-7-4-3-5-8-14/h7,9-10,13,17,19-20H,4-6,8,11-12,14H2,1-3H3;7-9,13,18H,2-6,10-12,14H2,1H3;7,10-11,13,15H,2-6,8-9,12,14H2,1H3;7,10-11,13,15H,4-6,8-9,12,14H2,1-3H3;6-8,12,17H,2-5,9-11,13H2,1H3;6,9-10,12,14H,2-5,7-8,11,13H2,1H3. The van der Waals surface area contributed by atoms with Crippen LogP contribution in [0, 0.1) is 17.8 Å². The van der Waals surface area contributed by atoms with Crippen LogP contribution in [0.25, 0.3) is 0 Å². The highest BCUT2D eigenvalue weighted by Crippen LogP contribution is 2.34. The second kappa shape index (κ2) is 61.3. The minimum Gasteiger partial charge on any atom is -0.493 e. The molecule has 10 rings (SSSR count). The van der Waals surface area contributed by atoms with E-state index in [-0.39, 0.29) is 0 Å². The van der Waals surface area contributed by atoms with Gasteiger partial charge in [-0.25, -0.2) is 0 Å². The monoisotopic (exact) mass is 1610 g/mol. The third kappa shape index (κ3) is 44.1. The highest BCUT2D eigenvalue weighted by atomic mass is 16.5. The van der Waals surface area contributed by atoms with Gasteiger partial charge in [-0.2, -0.15) is 0 Å². The molecule has 0 amide bonds. The molecular weight excluding hydrogens is 1450 g/mol. The molecule has 0 heterocycles. The smallest absolute Gasteiger partial charge is 0.123 e. The lowest BCUT2D eigenvalue weighted by Gasteiger charge is -2.31. The number of aliphatic hydroxyl groups is 4. The molecule has 0 aliphatic heterocycles. The summed E-state index contributed by atoms with van der Waals surface area (Å²) >= 11 is 0. The summed E-state index contributed by atoms with van der Waals surface area (Å²) in [4.78, 5) is 0. The predicted octanol–water partition coefficient (Wildman–Crippen LogP) is 26.0. The molecule has 0 bridgehead atoms. The zero-order chi connectivity index (χ0) is 83.4. The third-order valence-electron chi connectivity index (χ3n) is 21.5. The molecule has 15 nitrogen and oxygen atoms in total. The second-order valence-corrected chi connectivity index (χ2v) is 32.7. The number of hydrogen-bond acceptors (Lipinski definition) is 15. The molecule has 4 N–H and O–H groups in total. The van der Waals surface area contributed by atoms with E-state index in [0.717, 1.165) is 237 Å². The Kier molecular flexibility index (Phi) is 52.6. The van der Waals surface area contributed by atoms with Gasteiger partial charge in [-0.15, -0.1) is 0 Å². The number of aliphatic hydroxyl groups excluding tert-OH is 1. The molecule has 0 radical (unpaired) electrons. The summed E-state index contributed by atoms with van der Waals surface area (Å²) in [7, 11) is 0. The first kappa shape index (κ1) is 99.5. The fourth-order valence-electron chi connectivity index (χ4n) is 15.0. The van der Waals surface area contributed by atoms with E-state index >= 15 is 0 Å². The van der Waals surface area contributed by atoms with Crippen LogP contribution in [0.1, 0.15) is 318 Å². The Balaban J connectivity index is 0.000000248. The Morgan fingerprint density at radius 2 is 0.603 bits per heavy atom. The first-order valence-corrected chi connectivity index (χ1v) is 45.9. The van der Waals surface area contributed by atoms with Crippen molar-refractivity contribution >= 4 is 0 Å². The maximum Gasteiger partial charge on any atom is 0.123 e. The van der Waals surface area contributed by atoms with E-state index in [1.54, 1.807) is 0 Å². The van der Waals surface area contributed by atoms with E-state index in [1.807, 2.05) is 146 Å². The van der Waals surface area contributed by atoms with Crippen molar-refractivity contribution in [1.29, 1.82) is 0 Å². The molecule has 0 spiro atoms. The number of hydrogen-bond donors (Lipinski definition) is 4. The molecule has 116 heavy (non-hydrogen) atoms. The van der Waals surface area contributed by atoms with E-state index in [0.29, 0.717) is 44.7 Å².